The van der Waals surface area contributed by atoms with Gasteiger partial charge in [0.1, 0.15) is 5.75 Å². The molecule has 0 saturated carbocycles. The average Bonchev–Trinajstić information content (AvgIpc) is 3.24. The molecule has 0 unspecified atom stereocenters. The van der Waals surface area contributed by atoms with Gasteiger partial charge in [-0.15, -0.1) is 11.3 Å². The van der Waals surface area contributed by atoms with Gasteiger partial charge in [0.05, 0.1) is 11.8 Å². The minimum Gasteiger partial charge on any atom is -0.507 e. The second-order valence-electron chi connectivity index (χ2n) is 5.83. The van der Waals surface area contributed by atoms with Gasteiger partial charge in [-0.25, -0.2) is 5.01 Å². The lowest BCUT2D eigenvalue weighted by Gasteiger charge is -2.18. The van der Waals surface area contributed by atoms with Crippen LogP contribution < -0.4 is 0 Å². The number of rotatable bonds is 2. The molecule has 1 atom stereocenters. The molecule has 0 saturated heterocycles. The van der Waals surface area contributed by atoms with Gasteiger partial charge in [0.25, 0.3) is 0 Å². The molecular formula is C19H16N2O2S. The van der Waals surface area contributed by atoms with Crippen LogP contribution in [0.5, 0.6) is 5.75 Å². The van der Waals surface area contributed by atoms with Crippen LogP contribution in [-0.4, -0.2) is 21.7 Å². The van der Waals surface area contributed by atoms with Gasteiger partial charge in [0.2, 0.25) is 5.91 Å². The molecular weight excluding hydrogens is 320 g/mol. The molecule has 0 fully saturated rings. The minimum absolute atomic E-state index is 0.0938. The molecule has 1 N–H and O–H groups in total. The highest BCUT2D eigenvalue weighted by Crippen LogP contribution is 2.38. The number of carbonyl (C=O) groups excluding carboxylic acids is 1. The number of fused-ring (bicyclic) bond motifs is 1. The Balaban J connectivity index is 1.78. The van der Waals surface area contributed by atoms with E-state index in [1.165, 1.54) is 11.9 Å². The van der Waals surface area contributed by atoms with Gasteiger partial charge in [-0.1, -0.05) is 36.4 Å². The number of amides is 1. The fourth-order valence-electron chi connectivity index (χ4n) is 3.15. The van der Waals surface area contributed by atoms with Crippen LogP contribution in [-0.2, 0) is 4.79 Å². The number of benzene rings is 2. The quantitative estimate of drug-likeness (QED) is 0.758. The van der Waals surface area contributed by atoms with Crippen LogP contribution in [0.1, 0.15) is 29.8 Å². The van der Waals surface area contributed by atoms with E-state index in [4.69, 9.17) is 0 Å². The van der Waals surface area contributed by atoms with E-state index >= 15 is 0 Å². The molecule has 0 aliphatic carbocycles. The minimum atomic E-state index is -0.0941. The summed E-state index contributed by atoms with van der Waals surface area (Å²) in [4.78, 5) is 13.1. The summed E-state index contributed by atoms with van der Waals surface area (Å²) in [6, 6.07) is 15.5. The molecule has 0 bridgehead atoms. The number of carbonyl (C=O) groups is 1. The number of hydrogen-bond donors (Lipinski definition) is 1. The van der Waals surface area contributed by atoms with Crippen molar-refractivity contribution in [3.63, 3.8) is 0 Å². The molecule has 120 valence electrons. The maximum atomic E-state index is 12.0. The number of hydrogen-bond acceptors (Lipinski definition) is 4. The monoisotopic (exact) mass is 336 g/mol. The largest absolute Gasteiger partial charge is 0.507 e. The first-order valence-corrected chi connectivity index (χ1v) is 8.65. The zero-order valence-electron chi connectivity index (χ0n) is 13.1. The van der Waals surface area contributed by atoms with Crippen LogP contribution >= 0.6 is 11.3 Å². The second kappa shape index (κ2) is 5.76. The SMILES string of the molecule is CC(=O)N1N=C(c2ccc3ccccc3c2O)C[C@H]1c1cccs1. The molecule has 1 aliphatic heterocycles. The van der Waals surface area contributed by atoms with Gasteiger partial charge < -0.3 is 5.11 Å². The molecule has 3 aromatic rings. The van der Waals surface area contributed by atoms with Crippen LogP contribution in [0.25, 0.3) is 10.8 Å². The predicted octanol–water partition coefficient (Wildman–Crippen LogP) is 4.30. The maximum absolute atomic E-state index is 12.0. The summed E-state index contributed by atoms with van der Waals surface area (Å²) in [6.07, 6.45) is 0.603. The Kier molecular flexibility index (Phi) is 3.58. The summed E-state index contributed by atoms with van der Waals surface area (Å²) in [7, 11) is 0. The van der Waals surface area contributed by atoms with Crippen molar-refractivity contribution in [2.45, 2.75) is 19.4 Å². The first-order valence-electron chi connectivity index (χ1n) is 7.77. The third-order valence-corrected chi connectivity index (χ3v) is 5.29. The molecule has 4 rings (SSSR count). The third-order valence-electron chi connectivity index (χ3n) is 4.32. The van der Waals surface area contributed by atoms with Gasteiger partial charge >= 0.3 is 0 Å². The lowest BCUT2D eigenvalue weighted by molar-refractivity contribution is -0.130. The van der Waals surface area contributed by atoms with Crippen molar-refractivity contribution in [1.29, 1.82) is 0 Å². The lowest BCUT2D eigenvalue weighted by Crippen LogP contribution is -2.23. The van der Waals surface area contributed by atoms with Crippen molar-refractivity contribution < 1.29 is 9.90 Å². The third kappa shape index (κ3) is 2.37. The number of phenolic OH excluding ortho intramolecular Hbond substituents is 1. The topological polar surface area (TPSA) is 52.9 Å². The van der Waals surface area contributed by atoms with Gasteiger partial charge in [-0.3, -0.25) is 4.79 Å². The molecule has 5 heteroatoms. The van der Waals surface area contributed by atoms with Gasteiger partial charge in [0.15, 0.2) is 0 Å². The van der Waals surface area contributed by atoms with Crippen molar-refractivity contribution in [3.05, 3.63) is 64.4 Å². The highest BCUT2D eigenvalue weighted by molar-refractivity contribution is 7.10. The summed E-state index contributed by atoms with van der Waals surface area (Å²) in [6.45, 7) is 1.52. The molecule has 0 radical (unpaired) electrons. The van der Waals surface area contributed by atoms with Gasteiger partial charge in [-0.2, -0.15) is 5.10 Å². The highest BCUT2D eigenvalue weighted by Gasteiger charge is 2.33. The number of phenols is 1. The van der Waals surface area contributed by atoms with E-state index in [0.717, 1.165) is 21.4 Å². The zero-order chi connectivity index (χ0) is 16.7. The second-order valence-corrected chi connectivity index (χ2v) is 6.81. The maximum Gasteiger partial charge on any atom is 0.240 e. The summed E-state index contributed by atoms with van der Waals surface area (Å²) in [5.41, 5.74) is 1.44. The zero-order valence-corrected chi connectivity index (χ0v) is 14.0. The smallest absolute Gasteiger partial charge is 0.240 e. The van der Waals surface area contributed by atoms with E-state index in [9.17, 15) is 9.90 Å². The van der Waals surface area contributed by atoms with Crippen LogP contribution in [0.3, 0.4) is 0 Å². The molecule has 4 nitrogen and oxygen atoms in total. The number of hydrazone groups is 1. The summed E-state index contributed by atoms with van der Waals surface area (Å²) in [5.74, 6) is 0.130. The Labute approximate surface area is 143 Å². The summed E-state index contributed by atoms with van der Waals surface area (Å²) >= 11 is 1.62. The van der Waals surface area contributed by atoms with E-state index in [1.807, 2.05) is 53.9 Å². The van der Waals surface area contributed by atoms with Crippen LogP contribution in [0.2, 0.25) is 0 Å². The molecule has 0 spiro atoms. The van der Waals surface area contributed by atoms with Crippen LogP contribution in [0.15, 0.2) is 59.0 Å². The number of thiophene rings is 1. The summed E-state index contributed by atoms with van der Waals surface area (Å²) in [5, 5.41) is 20.5. The van der Waals surface area contributed by atoms with Crippen molar-refractivity contribution in [2.24, 2.45) is 5.10 Å². The van der Waals surface area contributed by atoms with Gasteiger partial charge in [0, 0.05) is 29.2 Å². The first kappa shape index (κ1) is 14.9. The van der Waals surface area contributed by atoms with Gasteiger partial charge in [-0.05, 0) is 22.9 Å². The van der Waals surface area contributed by atoms with E-state index in [0.29, 0.717) is 12.0 Å². The lowest BCUT2D eigenvalue weighted by atomic mass is 9.98. The Bertz CT molecular complexity index is 947. The van der Waals surface area contributed by atoms with E-state index in [1.54, 1.807) is 11.3 Å². The summed E-state index contributed by atoms with van der Waals surface area (Å²) < 4.78 is 0. The molecule has 2 aromatic carbocycles. The standard InChI is InChI=1S/C19H16N2O2S/c1-12(22)21-17(18-7-4-10-24-18)11-16(20-21)15-9-8-13-5-2-3-6-14(13)19(15)23/h2-10,17,23H,11H2,1H3/t17-/m0/s1. The number of aromatic hydroxyl groups is 1. The van der Waals surface area contributed by atoms with E-state index in [2.05, 4.69) is 5.10 Å². The van der Waals surface area contributed by atoms with Crippen molar-refractivity contribution in [2.75, 3.05) is 0 Å². The van der Waals surface area contributed by atoms with Crippen LogP contribution in [0.4, 0.5) is 0 Å². The normalized spacial score (nSPS) is 17.3. The Morgan fingerprint density at radius 1 is 1.21 bits per heavy atom. The molecule has 1 amide bonds. The number of nitrogens with zero attached hydrogens (tertiary/aromatic N) is 2. The Morgan fingerprint density at radius 2 is 2.04 bits per heavy atom. The Morgan fingerprint density at radius 3 is 2.79 bits per heavy atom. The molecule has 2 heterocycles. The fraction of sp³-hybridized carbons (Fsp3) is 0.158. The van der Waals surface area contributed by atoms with E-state index < -0.39 is 0 Å². The van der Waals surface area contributed by atoms with Crippen LogP contribution in [0, 0.1) is 0 Å². The highest BCUT2D eigenvalue weighted by atomic mass is 32.1. The molecule has 24 heavy (non-hydrogen) atoms. The average molecular weight is 336 g/mol. The molecule has 1 aromatic heterocycles. The fourth-order valence-corrected chi connectivity index (χ4v) is 3.97. The van der Waals surface area contributed by atoms with Crippen molar-refractivity contribution in [1.82, 2.24) is 5.01 Å². The Hall–Kier alpha value is -2.66. The molecule has 1 aliphatic rings. The first-order chi connectivity index (χ1) is 11.6. The van der Waals surface area contributed by atoms with Crippen molar-refractivity contribution in [3.8, 4) is 5.75 Å². The van der Waals surface area contributed by atoms with Crippen molar-refractivity contribution >= 4 is 33.7 Å². The predicted molar refractivity (Wildman–Crippen MR) is 96.3 cm³/mol. The van der Waals surface area contributed by atoms with E-state index in [-0.39, 0.29) is 17.7 Å².